The van der Waals surface area contributed by atoms with E-state index in [4.69, 9.17) is 21.1 Å². The SMILES string of the molecule is COC(=O)C1(C)CC(NS(=O)(=O)c2cccc(Cl)c2O)CCO1. The van der Waals surface area contributed by atoms with Gasteiger partial charge in [-0.1, -0.05) is 17.7 Å². The molecule has 0 aliphatic carbocycles. The van der Waals surface area contributed by atoms with Crippen molar-refractivity contribution in [2.24, 2.45) is 0 Å². The van der Waals surface area contributed by atoms with E-state index >= 15 is 0 Å². The van der Waals surface area contributed by atoms with E-state index in [1.165, 1.54) is 25.3 Å². The molecule has 128 valence electrons. The Morgan fingerprint density at radius 1 is 1.52 bits per heavy atom. The normalized spacial score (nSPS) is 25.1. The van der Waals surface area contributed by atoms with Gasteiger partial charge in [0, 0.05) is 19.1 Å². The number of esters is 1. The van der Waals surface area contributed by atoms with E-state index in [1.807, 2.05) is 0 Å². The summed E-state index contributed by atoms with van der Waals surface area (Å²) in [5.41, 5.74) is -1.21. The Labute approximate surface area is 139 Å². The molecule has 1 aliphatic heterocycles. The molecule has 1 aromatic carbocycles. The van der Waals surface area contributed by atoms with Crippen molar-refractivity contribution in [1.82, 2.24) is 4.72 Å². The van der Waals surface area contributed by atoms with Gasteiger partial charge in [0.2, 0.25) is 10.0 Å². The predicted octanol–water partition coefficient (Wildman–Crippen LogP) is 1.43. The Kier molecular flexibility index (Phi) is 5.20. The average Bonchev–Trinajstić information content (AvgIpc) is 2.48. The van der Waals surface area contributed by atoms with Gasteiger partial charge in [-0.25, -0.2) is 17.9 Å². The monoisotopic (exact) mass is 363 g/mol. The number of phenols is 1. The van der Waals surface area contributed by atoms with Crippen LogP contribution in [0.1, 0.15) is 19.8 Å². The number of para-hydroxylation sites is 1. The molecule has 0 radical (unpaired) electrons. The van der Waals surface area contributed by atoms with Crippen molar-refractivity contribution in [1.29, 1.82) is 0 Å². The van der Waals surface area contributed by atoms with Crippen LogP contribution in [0.15, 0.2) is 23.1 Å². The van der Waals surface area contributed by atoms with Crippen LogP contribution in [0.25, 0.3) is 0 Å². The molecule has 23 heavy (non-hydrogen) atoms. The number of benzene rings is 1. The Bertz CT molecular complexity index is 707. The largest absolute Gasteiger partial charge is 0.505 e. The van der Waals surface area contributed by atoms with Crippen LogP contribution in [0.3, 0.4) is 0 Å². The molecule has 1 fully saturated rings. The molecule has 2 atom stereocenters. The molecule has 0 spiro atoms. The molecular weight excluding hydrogens is 346 g/mol. The first-order valence-electron chi connectivity index (χ1n) is 6.92. The van der Waals surface area contributed by atoms with Gasteiger partial charge in [-0.15, -0.1) is 0 Å². The summed E-state index contributed by atoms with van der Waals surface area (Å²) in [5.74, 6) is -1.07. The number of rotatable bonds is 4. The second-order valence-electron chi connectivity index (χ2n) is 5.47. The molecular formula is C14H18ClNO6S. The predicted molar refractivity (Wildman–Crippen MR) is 82.8 cm³/mol. The second-order valence-corrected chi connectivity index (χ2v) is 7.56. The summed E-state index contributed by atoms with van der Waals surface area (Å²) in [6.45, 7) is 1.76. The summed E-state index contributed by atoms with van der Waals surface area (Å²) in [6.07, 6.45) is 0.521. The van der Waals surface area contributed by atoms with Gasteiger partial charge >= 0.3 is 5.97 Å². The zero-order valence-electron chi connectivity index (χ0n) is 12.7. The third-order valence-corrected chi connectivity index (χ3v) is 5.56. The molecule has 0 aromatic heterocycles. The van der Waals surface area contributed by atoms with Crippen LogP contribution >= 0.6 is 11.6 Å². The van der Waals surface area contributed by atoms with Crippen molar-refractivity contribution >= 4 is 27.6 Å². The molecule has 1 aromatic rings. The van der Waals surface area contributed by atoms with Crippen LogP contribution in [-0.4, -0.2) is 44.9 Å². The van der Waals surface area contributed by atoms with E-state index in [-0.39, 0.29) is 22.9 Å². The summed E-state index contributed by atoms with van der Waals surface area (Å²) >= 11 is 5.74. The fourth-order valence-corrected chi connectivity index (χ4v) is 4.13. The maximum absolute atomic E-state index is 12.4. The van der Waals surface area contributed by atoms with Crippen molar-refractivity contribution in [3.05, 3.63) is 23.2 Å². The van der Waals surface area contributed by atoms with Crippen LogP contribution < -0.4 is 4.72 Å². The van der Waals surface area contributed by atoms with Crippen molar-refractivity contribution in [2.75, 3.05) is 13.7 Å². The van der Waals surface area contributed by atoms with Crippen molar-refractivity contribution in [2.45, 2.75) is 36.3 Å². The zero-order chi connectivity index (χ0) is 17.3. The molecule has 7 nitrogen and oxygen atoms in total. The highest BCUT2D eigenvalue weighted by molar-refractivity contribution is 7.89. The Morgan fingerprint density at radius 3 is 2.87 bits per heavy atom. The van der Waals surface area contributed by atoms with Gasteiger partial charge in [-0.05, 0) is 25.5 Å². The molecule has 2 rings (SSSR count). The second kappa shape index (κ2) is 6.64. The number of hydrogen-bond donors (Lipinski definition) is 2. The van der Waals surface area contributed by atoms with E-state index in [2.05, 4.69) is 4.72 Å². The number of carbonyl (C=O) groups excluding carboxylic acids is 1. The summed E-state index contributed by atoms with van der Waals surface area (Å²) < 4.78 is 37.5. The van der Waals surface area contributed by atoms with Gasteiger partial charge in [-0.2, -0.15) is 0 Å². The third kappa shape index (κ3) is 3.77. The van der Waals surface area contributed by atoms with Crippen LogP contribution in [0.4, 0.5) is 0 Å². The molecule has 1 saturated heterocycles. The number of carbonyl (C=O) groups is 1. The molecule has 2 N–H and O–H groups in total. The highest BCUT2D eigenvalue weighted by Crippen LogP contribution is 2.32. The summed E-state index contributed by atoms with van der Waals surface area (Å²) in [7, 11) is -2.74. The quantitative estimate of drug-likeness (QED) is 0.785. The average molecular weight is 364 g/mol. The fourth-order valence-electron chi connectivity index (χ4n) is 2.51. The minimum atomic E-state index is -3.99. The number of nitrogens with one attached hydrogen (secondary N) is 1. The first-order valence-corrected chi connectivity index (χ1v) is 8.78. The van der Waals surface area contributed by atoms with Crippen molar-refractivity contribution < 1.29 is 27.8 Å². The van der Waals surface area contributed by atoms with Gasteiger partial charge in [0.1, 0.15) is 4.90 Å². The van der Waals surface area contributed by atoms with Crippen molar-refractivity contribution in [3.63, 3.8) is 0 Å². The molecule has 1 heterocycles. The van der Waals surface area contributed by atoms with E-state index in [1.54, 1.807) is 6.92 Å². The minimum Gasteiger partial charge on any atom is -0.505 e. The molecule has 0 bridgehead atoms. The first-order chi connectivity index (χ1) is 10.7. The van der Waals surface area contributed by atoms with E-state index in [9.17, 15) is 18.3 Å². The van der Waals surface area contributed by atoms with Crippen LogP contribution in [-0.2, 0) is 24.3 Å². The van der Waals surface area contributed by atoms with Crippen molar-refractivity contribution in [3.8, 4) is 5.75 Å². The van der Waals surface area contributed by atoms with E-state index < -0.39 is 33.4 Å². The van der Waals surface area contributed by atoms with Gasteiger partial charge < -0.3 is 14.6 Å². The van der Waals surface area contributed by atoms with E-state index in [0.29, 0.717) is 6.42 Å². The molecule has 0 amide bonds. The third-order valence-electron chi connectivity index (χ3n) is 3.70. The lowest BCUT2D eigenvalue weighted by Gasteiger charge is -2.36. The topological polar surface area (TPSA) is 102 Å². The summed E-state index contributed by atoms with van der Waals surface area (Å²) in [6, 6.07) is 3.54. The van der Waals surface area contributed by atoms with Gasteiger partial charge in [0.05, 0.1) is 12.1 Å². The number of ether oxygens (including phenoxy) is 2. The lowest BCUT2D eigenvalue weighted by atomic mass is 9.93. The number of sulfonamides is 1. The fraction of sp³-hybridized carbons (Fsp3) is 0.500. The molecule has 0 saturated carbocycles. The maximum atomic E-state index is 12.4. The lowest BCUT2D eigenvalue weighted by Crippen LogP contribution is -2.51. The van der Waals surface area contributed by atoms with Crippen LogP contribution in [0.5, 0.6) is 5.75 Å². The lowest BCUT2D eigenvalue weighted by molar-refractivity contribution is -0.174. The number of phenolic OH excluding ortho intramolecular Hbond substituents is 1. The highest BCUT2D eigenvalue weighted by atomic mass is 35.5. The molecule has 9 heteroatoms. The smallest absolute Gasteiger partial charge is 0.337 e. The van der Waals surface area contributed by atoms with E-state index in [0.717, 1.165) is 0 Å². The minimum absolute atomic E-state index is 0.0562. The number of methoxy groups -OCH3 is 1. The Morgan fingerprint density at radius 2 is 2.22 bits per heavy atom. The summed E-state index contributed by atoms with van der Waals surface area (Å²) in [5, 5.41) is 9.79. The summed E-state index contributed by atoms with van der Waals surface area (Å²) in [4.78, 5) is 11.5. The van der Waals surface area contributed by atoms with Gasteiger partial charge in [-0.3, -0.25) is 0 Å². The first kappa shape index (κ1) is 18.0. The standard InChI is InChI=1S/C14H18ClNO6S/c1-14(13(18)21-2)8-9(6-7-22-14)16-23(19,20)11-5-3-4-10(15)12(11)17/h3-5,9,16-17H,6-8H2,1-2H3. The molecule has 2 unspecified atom stereocenters. The molecule has 1 aliphatic rings. The van der Waals surface area contributed by atoms with Gasteiger partial charge in [0.25, 0.3) is 0 Å². The number of hydrogen-bond acceptors (Lipinski definition) is 6. The zero-order valence-corrected chi connectivity index (χ0v) is 14.3. The highest BCUT2D eigenvalue weighted by Gasteiger charge is 2.42. The van der Waals surface area contributed by atoms with Crippen LogP contribution in [0.2, 0.25) is 5.02 Å². The number of aromatic hydroxyl groups is 1. The maximum Gasteiger partial charge on any atom is 0.337 e. The Balaban J connectivity index is 2.21. The Hall–Kier alpha value is -1.35. The van der Waals surface area contributed by atoms with Gasteiger partial charge in [0.15, 0.2) is 11.4 Å². The number of halogens is 1. The van der Waals surface area contributed by atoms with Crippen LogP contribution in [0, 0.1) is 0 Å².